The van der Waals surface area contributed by atoms with Crippen LogP contribution < -0.4 is 40.0 Å². The van der Waals surface area contributed by atoms with Gasteiger partial charge in [0.15, 0.2) is 0 Å². The number of rotatable bonds is 5. The molecule has 1 saturated carbocycles. The first-order valence-corrected chi connectivity index (χ1v) is 8.22. The van der Waals surface area contributed by atoms with Gasteiger partial charge >= 0.3 is 29.6 Å². The van der Waals surface area contributed by atoms with Crippen LogP contribution in [0.25, 0.3) is 11.1 Å². The molecule has 0 radical (unpaired) electrons. The zero-order valence-corrected chi connectivity index (χ0v) is 16.4. The summed E-state index contributed by atoms with van der Waals surface area (Å²) in [6.07, 6.45) is 2.32. The minimum atomic E-state index is -0.907. The minimum Gasteiger partial charge on any atom is -0.550 e. The third-order valence-corrected chi connectivity index (χ3v) is 4.67. The molecule has 1 N–H and O–H groups in total. The van der Waals surface area contributed by atoms with Crippen molar-refractivity contribution in [2.24, 2.45) is 5.92 Å². The van der Waals surface area contributed by atoms with E-state index in [1.165, 1.54) is 22.3 Å². The van der Waals surface area contributed by atoms with Gasteiger partial charge in [-0.05, 0) is 48.9 Å². The summed E-state index contributed by atoms with van der Waals surface area (Å²) in [7, 11) is 0. The van der Waals surface area contributed by atoms with Crippen LogP contribution in [0.4, 0.5) is 0 Å². The number of carboxylic acid groups (broad SMARTS) is 1. The largest absolute Gasteiger partial charge is 1.00 e. The average molecular weight is 331 g/mol. The summed E-state index contributed by atoms with van der Waals surface area (Å²) in [5.74, 6) is -1.19. The summed E-state index contributed by atoms with van der Waals surface area (Å²) in [5.41, 5.74) is 4.91. The number of aliphatic carboxylic acids is 1. The third-order valence-electron chi connectivity index (χ3n) is 4.67. The van der Waals surface area contributed by atoms with Crippen LogP contribution in [-0.4, -0.2) is 12.0 Å². The molecule has 24 heavy (non-hydrogen) atoms. The van der Waals surface area contributed by atoms with Gasteiger partial charge in [-0.2, -0.15) is 0 Å². The molecule has 1 aliphatic carbocycles. The van der Waals surface area contributed by atoms with Gasteiger partial charge in [-0.1, -0.05) is 48.0 Å². The van der Waals surface area contributed by atoms with Crippen LogP contribution in [-0.2, 0) is 11.3 Å². The molecule has 2 atom stereocenters. The molecule has 0 amide bonds. The molecule has 0 aliphatic heterocycles. The van der Waals surface area contributed by atoms with Gasteiger partial charge in [0.05, 0.1) is 0 Å². The van der Waals surface area contributed by atoms with E-state index in [0.29, 0.717) is 6.42 Å². The van der Waals surface area contributed by atoms with E-state index in [2.05, 4.69) is 60.8 Å². The normalized spacial score (nSPS) is 19.7. The molecule has 1 fully saturated rings. The molecule has 0 aromatic heterocycles. The van der Waals surface area contributed by atoms with Gasteiger partial charge in [-0.15, -0.1) is 0 Å². The van der Waals surface area contributed by atoms with Crippen LogP contribution in [0.15, 0.2) is 48.5 Å². The van der Waals surface area contributed by atoms with Crippen LogP contribution in [0.5, 0.6) is 0 Å². The fourth-order valence-electron chi connectivity index (χ4n) is 3.25. The number of hydrogen-bond donors (Lipinski definition) is 1. The molecule has 0 spiro atoms. The quantitative estimate of drug-likeness (QED) is 0.764. The SMILES string of the molecule is Cc1ccc(-c2cccc(CN[C@@H]3CC[C@H](C(=O)[O-])C3)c2)cc1.[Na+]. The minimum absolute atomic E-state index is 0. The Balaban J connectivity index is 0.00000208. The average Bonchev–Trinajstić information content (AvgIpc) is 3.03. The zero-order valence-electron chi connectivity index (χ0n) is 14.4. The van der Waals surface area contributed by atoms with Crippen molar-refractivity contribution < 1.29 is 39.5 Å². The summed E-state index contributed by atoms with van der Waals surface area (Å²) in [6, 6.07) is 17.3. The molecular formula is C20H22NNaO2. The monoisotopic (exact) mass is 331 g/mol. The maximum Gasteiger partial charge on any atom is 1.00 e. The zero-order chi connectivity index (χ0) is 16.2. The van der Waals surface area contributed by atoms with Crippen molar-refractivity contribution >= 4 is 5.97 Å². The Morgan fingerprint density at radius 1 is 1.12 bits per heavy atom. The van der Waals surface area contributed by atoms with E-state index < -0.39 is 5.97 Å². The van der Waals surface area contributed by atoms with E-state index in [4.69, 9.17) is 0 Å². The Bertz CT molecular complexity index is 684. The van der Waals surface area contributed by atoms with Crippen LogP contribution in [0.1, 0.15) is 30.4 Å². The van der Waals surface area contributed by atoms with Crippen molar-refractivity contribution in [2.45, 2.75) is 38.8 Å². The fourth-order valence-corrected chi connectivity index (χ4v) is 3.25. The van der Waals surface area contributed by atoms with E-state index in [1.807, 2.05) is 0 Å². The first kappa shape index (κ1) is 19.2. The first-order valence-electron chi connectivity index (χ1n) is 8.22. The van der Waals surface area contributed by atoms with Crippen molar-refractivity contribution in [3.63, 3.8) is 0 Å². The van der Waals surface area contributed by atoms with Gasteiger partial charge in [-0.25, -0.2) is 0 Å². The molecule has 2 aromatic rings. The molecule has 3 rings (SSSR count). The topological polar surface area (TPSA) is 52.2 Å². The summed E-state index contributed by atoms with van der Waals surface area (Å²) < 4.78 is 0. The number of aryl methyl sites for hydroxylation is 1. The van der Waals surface area contributed by atoms with E-state index in [9.17, 15) is 9.90 Å². The number of carbonyl (C=O) groups is 1. The van der Waals surface area contributed by atoms with Crippen LogP contribution >= 0.6 is 0 Å². The molecule has 4 heteroatoms. The summed E-state index contributed by atoms with van der Waals surface area (Å²) in [6.45, 7) is 2.86. The molecule has 0 unspecified atom stereocenters. The van der Waals surface area contributed by atoms with E-state index in [-0.39, 0.29) is 41.5 Å². The van der Waals surface area contributed by atoms with Gasteiger partial charge in [0.25, 0.3) is 0 Å². The predicted octanol–water partition coefficient (Wildman–Crippen LogP) is -0.326. The summed E-state index contributed by atoms with van der Waals surface area (Å²) >= 11 is 0. The van der Waals surface area contributed by atoms with Gasteiger partial charge in [-0.3, -0.25) is 0 Å². The Morgan fingerprint density at radius 2 is 1.88 bits per heavy atom. The molecule has 0 heterocycles. The maximum absolute atomic E-state index is 10.9. The fraction of sp³-hybridized carbons (Fsp3) is 0.350. The Hall–Kier alpha value is -1.13. The molecule has 0 saturated heterocycles. The van der Waals surface area contributed by atoms with Gasteiger partial charge < -0.3 is 15.2 Å². The summed E-state index contributed by atoms with van der Waals surface area (Å²) in [5, 5.41) is 14.4. The smallest absolute Gasteiger partial charge is 0.550 e. The second kappa shape index (κ2) is 8.82. The molecular weight excluding hydrogens is 309 g/mol. The number of carboxylic acids is 1. The molecule has 3 nitrogen and oxygen atoms in total. The number of nitrogens with one attached hydrogen (secondary N) is 1. The number of carbonyl (C=O) groups excluding carboxylic acids is 1. The van der Waals surface area contributed by atoms with Gasteiger partial charge in [0, 0.05) is 24.5 Å². The van der Waals surface area contributed by atoms with Crippen LogP contribution in [0, 0.1) is 12.8 Å². The molecule has 0 bridgehead atoms. The van der Waals surface area contributed by atoms with Crippen molar-refractivity contribution in [1.29, 1.82) is 0 Å². The van der Waals surface area contributed by atoms with Crippen molar-refractivity contribution in [3.8, 4) is 11.1 Å². The number of benzene rings is 2. The Kier molecular flexibility index (Phi) is 7.05. The van der Waals surface area contributed by atoms with Crippen molar-refractivity contribution in [3.05, 3.63) is 59.7 Å². The summed E-state index contributed by atoms with van der Waals surface area (Å²) in [4.78, 5) is 10.9. The second-order valence-corrected chi connectivity index (χ2v) is 6.47. The van der Waals surface area contributed by atoms with E-state index in [1.54, 1.807) is 0 Å². The van der Waals surface area contributed by atoms with Crippen LogP contribution in [0.2, 0.25) is 0 Å². The van der Waals surface area contributed by atoms with Crippen molar-refractivity contribution in [2.75, 3.05) is 0 Å². The van der Waals surface area contributed by atoms with E-state index in [0.717, 1.165) is 19.4 Å². The van der Waals surface area contributed by atoms with E-state index >= 15 is 0 Å². The first-order chi connectivity index (χ1) is 11.1. The molecule has 1 aliphatic rings. The Labute approximate surface area is 165 Å². The van der Waals surface area contributed by atoms with Gasteiger partial charge in [0.2, 0.25) is 0 Å². The van der Waals surface area contributed by atoms with Crippen LogP contribution in [0.3, 0.4) is 0 Å². The molecule has 2 aromatic carbocycles. The third kappa shape index (κ3) is 4.93. The van der Waals surface area contributed by atoms with Crippen molar-refractivity contribution in [1.82, 2.24) is 5.32 Å². The predicted molar refractivity (Wildman–Crippen MR) is 89.6 cm³/mol. The number of hydrogen-bond acceptors (Lipinski definition) is 3. The maximum atomic E-state index is 10.9. The molecule has 120 valence electrons. The second-order valence-electron chi connectivity index (χ2n) is 6.47. The van der Waals surface area contributed by atoms with Gasteiger partial charge in [0.1, 0.15) is 0 Å². The Morgan fingerprint density at radius 3 is 2.54 bits per heavy atom. The standard InChI is InChI=1S/C20H23NO2.Na/c1-14-5-7-16(8-6-14)17-4-2-3-15(11-17)13-21-19-10-9-18(12-19)20(22)23;/h2-8,11,18-19,21H,9-10,12-13H2,1H3,(H,22,23);/q;+1/p-1/t18-,19+;/m0./s1.